The third-order valence-electron chi connectivity index (χ3n) is 6.33. The minimum Gasteiger partial charge on any atom is -0.292 e. The first kappa shape index (κ1) is 21.0. The van der Waals surface area contributed by atoms with Gasteiger partial charge in [-0.05, 0) is 11.1 Å². The van der Waals surface area contributed by atoms with Crippen LogP contribution < -0.4 is 0 Å². The molecule has 162 valence electrons. The van der Waals surface area contributed by atoms with Gasteiger partial charge in [0.05, 0.1) is 0 Å². The summed E-state index contributed by atoms with van der Waals surface area (Å²) in [5.41, 5.74) is 1.05. The molecule has 0 amide bonds. The number of carbonyl (C=O) groups is 2. The van der Waals surface area contributed by atoms with E-state index in [0.717, 1.165) is 0 Å². The number of hydrogen-bond acceptors (Lipinski definition) is 4. The maximum atomic E-state index is 14.2. The van der Waals surface area contributed by atoms with Crippen molar-refractivity contribution in [2.24, 2.45) is 0 Å². The Bertz CT molecular complexity index is 1330. The van der Waals surface area contributed by atoms with Crippen LogP contribution in [0.1, 0.15) is 31.8 Å². The highest BCUT2D eigenvalue weighted by Gasteiger charge is 2.91. The Morgan fingerprint density at radius 1 is 0.455 bits per heavy atom. The number of sulfone groups is 1. The number of Topliss-reactive ketones (excluding diaryl/α,β-unsaturated/α-hetero) is 2. The fourth-order valence-electron chi connectivity index (χ4n) is 4.88. The lowest BCUT2D eigenvalue weighted by Crippen LogP contribution is -2.36. The van der Waals surface area contributed by atoms with Crippen LogP contribution in [0.5, 0.6) is 0 Å². The van der Waals surface area contributed by atoms with E-state index < -0.39 is 30.9 Å². The van der Waals surface area contributed by atoms with Crippen LogP contribution in [0, 0.1) is 0 Å². The van der Waals surface area contributed by atoms with E-state index in [1.54, 1.807) is 121 Å². The third kappa shape index (κ3) is 2.66. The molecule has 0 N–H and O–H groups in total. The number of ketones is 2. The number of carbonyl (C=O) groups excluding carboxylic acids is 2. The Labute approximate surface area is 192 Å². The van der Waals surface area contributed by atoms with Gasteiger partial charge in [0.1, 0.15) is 0 Å². The Morgan fingerprint density at radius 3 is 1.03 bits per heavy atom. The normalized spacial score (nSPS) is 22.9. The Hall–Kier alpha value is -3.83. The average molecular weight is 453 g/mol. The molecule has 1 saturated heterocycles. The predicted molar refractivity (Wildman–Crippen MR) is 127 cm³/mol. The molecule has 4 nitrogen and oxygen atoms in total. The molecule has 1 aliphatic rings. The van der Waals surface area contributed by atoms with Crippen molar-refractivity contribution in [1.82, 2.24) is 0 Å². The largest absolute Gasteiger partial charge is 0.292 e. The summed E-state index contributed by atoms with van der Waals surface area (Å²) >= 11 is 0. The summed E-state index contributed by atoms with van der Waals surface area (Å²) in [6.07, 6.45) is 0. The lowest BCUT2D eigenvalue weighted by atomic mass is 9.73. The van der Waals surface area contributed by atoms with E-state index >= 15 is 0 Å². The van der Waals surface area contributed by atoms with Crippen LogP contribution in [0.15, 0.2) is 121 Å². The van der Waals surface area contributed by atoms with E-state index in [4.69, 9.17) is 0 Å². The van der Waals surface area contributed by atoms with Crippen molar-refractivity contribution in [3.63, 3.8) is 0 Å². The highest BCUT2D eigenvalue weighted by Crippen LogP contribution is 2.71. The molecule has 0 bridgehead atoms. The molecule has 33 heavy (non-hydrogen) atoms. The molecule has 0 unspecified atom stereocenters. The first-order chi connectivity index (χ1) is 16.0. The molecular weight excluding hydrogens is 432 g/mol. The maximum Gasteiger partial charge on any atom is 0.192 e. The van der Waals surface area contributed by atoms with Crippen molar-refractivity contribution in [2.75, 3.05) is 0 Å². The molecule has 0 radical (unpaired) electrons. The fraction of sp³-hybridized carbons (Fsp3) is 0.0714. The predicted octanol–water partition coefficient (Wildman–Crippen LogP) is 4.97. The Morgan fingerprint density at radius 2 is 0.727 bits per heavy atom. The molecule has 5 rings (SSSR count). The summed E-state index contributed by atoms with van der Waals surface area (Å²) in [6.45, 7) is 0. The van der Waals surface area contributed by atoms with Gasteiger partial charge in [0.15, 0.2) is 30.9 Å². The van der Waals surface area contributed by atoms with Gasteiger partial charge in [-0.25, -0.2) is 8.42 Å². The van der Waals surface area contributed by atoms with Gasteiger partial charge in [-0.3, -0.25) is 9.59 Å². The van der Waals surface area contributed by atoms with Gasteiger partial charge >= 0.3 is 0 Å². The first-order valence-electron chi connectivity index (χ1n) is 10.5. The van der Waals surface area contributed by atoms with Crippen molar-refractivity contribution >= 4 is 21.4 Å². The van der Waals surface area contributed by atoms with E-state index in [0.29, 0.717) is 0 Å². The van der Waals surface area contributed by atoms with Crippen LogP contribution in [0.2, 0.25) is 0 Å². The standard InChI is InChI=1S/C28H20O4S/c29-25(21-13-5-1-6-14-21)27(23-17-9-3-10-18-23)28(33(27,31)32,24-19-11-4-12-20-24)26(30)22-15-7-2-8-16-22/h1-20H/t27-,28+. The highest BCUT2D eigenvalue weighted by atomic mass is 32.2. The second-order valence-corrected chi connectivity index (χ2v) is 10.2. The van der Waals surface area contributed by atoms with Crippen molar-refractivity contribution in [1.29, 1.82) is 0 Å². The maximum absolute atomic E-state index is 14.2. The van der Waals surface area contributed by atoms with Crippen LogP contribution in [0.25, 0.3) is 0 Å². The summed E-state index contributed by atoms with van der Waals surface area (Å²) in [6, 6.07) is 33.3. The molecule has 2 atom stereocenters. The Balaban J connectivity index is 1.89. The van der Waals surface area contributed by atoms with Crippen LogP contribution in [-0.4, -0.2) is 20.0 Å². The van der Waals surface area contributed by atoms with Crippen molar-refractivity contribution < 1.29 is 18.0 Å². The molecule has 0 aromatic heterocycles. The average Bonchev–Trinajstić information content (AvgIpc) is 3.36. The SMILES string of the molecule is O=C(c1ccccc1)[C@]1(c2ccccc2)[C@@](C(=O)c2ccccc2)(c2ccccc2)S1(=O)=O. The van der Waals surface area contributed by atoms with E-state index in [1.807, 2.05) is 0 Å². The minimum absolute atomic E-state index is 0.239. The summed E-state index contributed by atoms with van der Waals surface area (Å²) in [5.74, 6) is -1.22. The van der Waals surface area contributed by atoms with Gasteiger partial charge in [-0.1, -0.05) is 121 Å². The molecule has 0 saturated carbocycles. The van der Waals surface area contributed by atoms with Gasteiger partial charge in [-0.2, -0.15) is 0 Å². The molecule has 1 fully saturated rings. The summed E-state index contributed by atoms with van der Waals surface area (Å²) < 4.78 is 24.3. The van der Waals surface area contributed by atoms with E-state index in [2.05, 4.69) is 0 Å². The zero-order valence-corrected chi connectivity index (χ0v) is 18.4. The van der Waals surface area contributed by atoms with Gasteiger partial charge in [0.2, 0.25) is 0 Å². The fourth-order valence-corrected chi connectivity index (χ4v) is 7.93. The van der Waals surface area contributed by atoms with Crippen LogP contribution >= 0.6 is 0 Å². The van der Waals surface area contributed by atoms with E-state index in [1.165, 1.54) is 0 Å². The number of benzene rings is 4. The van der Waals surface area contributed by atoms with Gasteiger partial charge in [0.25, 0.3) is 0 Å². The third-order valence-corrected chi connectivity index (χ3v) is 9.20. The summed E-state index contributed by atoms with van der Waals surface area (Å²) in [4.78, 5) is 28.3. The van der Waals surface area contributed by atoms with Gasteiger partial charge in [-0.15, -0.1) is 0 Å². The molecule has 1 aliphatic heterocycles. The lowest BCUT2D eigenvalue weighted by Gasteiger charge is -2.21. The summed E-state index contributed by atoms with van der Waals surface area (Å²) in [7, 11) is -4.32. The van der Waals surface area contributed by atoms with Crippen molar-refractivity contribution in [2.45, 2.75) is 9.49 Å². The van der Waals surface area contributed by atoms with Crippen LogP contribution in [-0.2, 0) is 19.3 Å². The van der Waals surface area contributed by atoms with Gasteiger partial charge < -0.3 is 0 Å². The highest BCUT2D eigenvalue weighted by molar-refractivity contribution is 8.03. The minimum atomic E-state index is -4.32. The second-order valence-electron chi connectivity index (χ2n) is 7.99. The second kappa shape index (κ2) is 7.64. The smallest absolute Gasteiger partial charge is 0.192 e. The molecule has 0 spiro atoms. The molecule has 4 aromatic carbocycles. The topological polar surface area (TPSA) is 68.3 Å². The number of rotatable bonds is 6. The Kier molecular flexibility index (Phi) is 4.87. The molecule has 5 heteroatoms. The monoisotopic (exact) mass is 452 g/mol. The van der Waals surface area contributed by atoms with E-state index in [9.17, 15) is 18.0 Å². The van der Waals surface area contributed by atoms with Crippen LogP contribution in [0.3, 0.4) is 0 Å². The van der Waals surface area contributed by atoms with Crippen molar-refractivity contribution in [3.8, 4) is 0 Å². The zero-order chi connectivity index (χ0) is 23.1. The molecule has 0 aliphatic carbocycles. The quantitative estimate of drug-likeness (QED) is 0.306. The number of hydrogen-bond donors (Lipinski definition) is 0. The summed E-state index contributed by atoms with van der Waals surface area (Å²) in [5, 5.41) is 0. The zero-order valence-electron chi connectivity index (χ0n) is 17.6. The first-order valence-corrected chi connectivity index (χ1v) is 12.0. The van der Waals surface area contributed by atoms with Gasteiger partial charge in [0, 0.05) is 11.1 Å². The van der Waals surface area contributed by atoms with Crippen LogP contribution in [0.4, 0.5) is 0 Å². The molecule has 1 heterocycles. The van der Waals surface area contributed by atoms with Crippen molar-refractivity contribution in [3.05, 3.63) is 144 Å². The molecular formula is C28H20O4S. The lowest BCUT2D eigenvalue weighted by molar-refractivity contribution is 0.0865. The molecule has 4 aromatic rings. The van der Waals surface area contributed by atoms with E-state index in [-0.39, 0.29) is 22.3 Å².